The van der Waals surface area contributed by atoms with Crippen LogP contribution in [-0.4, -0.2) is 5.78 Å². The molecule has 0 saturated carbocycles. The number of ketones is 1. The highest BCUT2D eigenvalue weighted by Gasteiger charge is 2.16. The summed E-state index contributed by atoms with van der Waals surface area (Å²) in [7, 11) is 0. The first-order chi connectivity index (χ1) is 8.18. The van der Waals surface area contributed by atoms with Crippen molar-refractivity contribution < 1.29 is 4.79 Å². The molecule has 17 heavy (non-hydrogen) atoms. The lowest BCUT2D eigenvalue weighted by Gasteiger charge is -2.06. The molecule has 1 aromatic rings. The summed E-state index contributed by atoms with van der Waals surface area (Å²) in [5.74, 6) is 0.0874. The molecule has 0 radical (unpaired) electrons. The van der Waals surface area contributed by atoms with Crippen LogP contribution in [0.5, 0.6) is 0 Å². The van der Waals surface area contributed by atoms with E-state index in [1.165, 1.54) is 12.8 Å². The molecule has 0 spiro atoms. The lowest BCUT2D eigenvalue weighted by molar-refractivity contribution is 0.103. The molecule has 1 nitrogen and oxygen atoms in total. The Morgan fingerprint density at radius 2 is 2.06 bits per heavy atom. The van der Waals surface area contributed by atoms with Gasteiger partial charge in [-0.15, -0.1) is 0 Å². The number of halogens is 2. The second-order valence-electron chi connectivity index (χ2n) is 4.28. The van der Waals surface area contributed by atoms with Crippen LogP contribution < -0.4 is 0 Å². The summed E-state index contributed by atoms with van der Waals surface area (Å²) in [6.45, 7) is 0. The lowest BCUT2D eigenvalue weighted by atomic mass is 10.00. The molecule has 0 fully saturated rings. The van der Waals surface area contributed by atoms with Gasteiger partial charge in [0.15, 0.2) is 5.78 Å². The van der Waals surface area contributed by atoms with Gasteiger partial charge in [-0.25, -0.2) is 0 Å². The number of hydrogen-bond acceptors (Lipinski definition) is 1. The van der Waals surface area contributed by atoms with E-state index in [0.29, 0.717) is 10.6 Å². The molecule has 1 aliphatic carbocycles. The van der Waals surface area contributed by atoms with E-state index in [-0.39, 0.29) is 5.78 Å². The zero-order chi connectivity index (χ0) is 12.3. The Balaban J connectivity index is 2.27. The number of Topliss-reactive ketones (excluding diaryl/α,β-unsaturated/α-hetero) is 1. The lowest BCUT2D eigenvalue weighted by Crippen LogP contribution is -2.04. The number of allylic oxidation sites excluding steroid dienone is 2. The van der Waals surface area contributed by atoms with Crippen LogP contribution in [-0.2, 0) is 0 Å². The van der Waals surface area contributed by atoms with Gasteiger partial charge in [0.1, 0.15) is 0 Å². The first kappa shape index (κ1) is 12.8. The topological polar surface area (TPSA) is 17.1 Å². The van der Waals surface area contributed by atoms with Crippen molar-refractivity contribution in [1.82, 2.24) is 0 Å². The summed E-state index contributed by atoms with van der Waals surface area (Å²) >= 11 is 9.45. The number of benzene rings is 1. The standard InChI is InChI=1S/C14H14BrClO/c15-11-7-8-12(13(16)9-11)14(17)10-5-3-1-2-4-6-10/h5,7-9H,1-4,6H2. The van der Waals surface area contributed by atoms with Crippen LogP contribution in [0.3, 0.4) is 0 Å². The largest absolute Gasteiger partial charge is 0.289 e. The maximum atomic E-state index is 12.3. The fraction of sp³-hybridized carbons (Fsp3) is 0.357. The van der Waals surface area contributed by atoms with E-state index >= 15 is 0 Å². The molecule has 0 aromatic heterocycles. The van der Waals surface area contributed by atoms with E-state index in [1.807, 2.05) is 6.07 Å². The number of carbonyl (C=O) groups is 1. The minimum Gasteiger partial charge on any atom is -0.289 e. The fourth-order valence-electron chi connectivity index (χ4n) is 2.07. The normalized spacial score (nSPS) is 16.2. The van der Waals surface area contributed by atoms with Gasteiger partial charge in [0.05, 0.1) is 5.02 Å². The zero-order valence-electron chi connectivity index (χ0n) is 9.51. The Hall–Kier alpha value is -0.600. The minimum atomic E-state index is 0.0874. The van der Waals surface area contributed by atoms with Crippen molar-refractivity contribution in [3.63, 3.8) is 0 Å². The number of carbonyl (C=O) groups excluding carboxylic acids is 1. The summed E-state index contributed by atoms with van der Waals surface area (Å²) in [6.07, 6.45) is 7.46. The van der Waals surface area contributed by atoms with Crippen molar-refractivity contribution in [2.45, 2.75) is 32.1 Å². The van der Waals surface area contributed by atoms with E-state index in [9.17, 15) is 4.79 Å². The van der Waals surface area contributed by atoms with Gasteiger partial charge >= 0.3 is 0 Å². The first-order valence-corrected chi connectivity index (χ1v) is 7.04. The first-order valence-electron chi connectivity index (χ1n) is 5.87. The zero-order valence-corrected chi connectivity index (χ0v) is 11.9. The van der Waals surface area contributed by atoms with Gasteiger partial charge in [0.25, 0.3) is 0 Å². The van der Waals surface area contributed by atoms with Crippen molar-refractivity contribution >= 4 is 33.3 Å². The molecule has 3 heteroatoms. The van der Waals surface area contributed by atoms with Crippen LogP contribution in [0.4, 0.5) is 0 Å². The minimum absolute atomic E-state index is 0.0874. The molecule has 0 amide bonds. The summed E-state index contributed by atoms with van der Waals surface area (Å²) in [4.78, 5) is 12.3. The molecule has 0 heterocycles. The summed E-state index contributed by atoms with van der Waals surface area (Å²) < 4.78 is 0.897. The predicted molar refractivity (Wildman–Crippen MR) is 74.7 cm³/mol. The van der Waals surface area contributed by atoms with E-state index in [4.69, 9.17) is 11.6 Å². The molecule has 0 aliphatic heterocycles. The maximum Gasteiger partial charge on any atom is 0.190 e. The van der Waals surface area contributed by atoms with Crippen LogP contribution in [0.25, 0.3) is 0 Å². The molecule has 0 saturated heterocycles. The second kappa shape index (κ2) is 5.83. The quantitative estimate of drug-likeness (QED) is 0.688. The van der Waals surface area contributed by atoms with Crippen LogP contribution in [0, 0.1) is 0 Å². The maximum absolute atomic E-state index is 12.3. The third-order valence-corrected chi connectivity index (χ3v) is 3.81. The molecular formula is C14H14BrClO. The Morgan fingerprint density at radius 1 is 1.24 bits per heavy atom. The Bertz CT molecular complexity index is 465. The highest BCUT2D eigenvalue weighted by molar-refractivity contribution is 9.10. The summed E-state index contributed by atoms with van der Waals surface area (Å²) in [6, 6.07) is 5.42. The molecule has 0 bridgehead atoms. The van der Waals surface area contributed by atoms with Gasteiger partial charge < -0.3 is 0 Å². The van der Waals surface area contributed by atoms with Crippen molar-refractivity contribution in [1.29, 1.82) is 0 Å². The predicted octanol–water partition coefficient (Wildman–Crippen LogP) is 5.18. The molecule has 2 rings (SSSR count). The van der Waals surface area contributed by atoms with E-state index < -0.39 is 0 Å². The smallest absolute Gasteiger partial charge is 0.190 e. The molecule has 1 aliphatic rings. The van der Waals surface area contributed by atoms with Crippen molar-refractivity contribution in [3.05, 3.63) is 44.9 Å². The highest BCUT2D eigenvalue weighted by atomic mass is 79.9. The van der Waals surface area contributed by atoms with Crippen LogP contribution in [0.1, 0.15) is 42.5 Å². The molecule has 0 unspecified atom stereocenters. The van der Waals surface area contributed by atoms with Crippen LogP contribution in [0.15, 0.2) is 34.3 Å². The third-order valence-electron chi connectivity index (χ3n) is 3.01. The SMILES string of the molecule is O=C(C1=CCCCCC1)c1ccc(Br)cc1Cl. The van der Waals surface area contributed by atoms with Crippen LogP contribution >= 0.6 is 27.5 Å². The van der Waals surface area contributed by atoms with Gasteiger partial charge in [0.2, 0.25) is 0 Å². The van der Waals surface area contributed by atoms with Gasteiger partial charge in [-0.2, -0.15) is 0 Å². The van der Waals surface area contributed by atoms with E-state index in [0.717, 1.165) is 29.3 Å². The van der Waals surface area contributed by atoms with Crippen molar-refractivity contribution in [3.8, 4) is 0 Å². The van der Waals surface area contributed by atoms with Gasteiger partial charge in [0, 0.05) is 10.0 Å². The molecule has 0 N–H and O–H groups in total. The van der Waals surface area contributed by atoms with Crippen molar-refractivity contribution in [2.24, 2.45) is 0 Å². The van der Waals surface area contributed by atoms with Crippen LogP contribution in [0.2, 0.25) is 5.02 Å². The molecular weight excluding hydrogens is 300 g/mol. The number of rotatable bonds is 2. The van der Waals surface area contributed by atoms with E-state index in [1.54, 1.807) is 12.1 Å². The van der Waals surface area contributed by atoms with Gasteiger partial charge in [-0.05, 0) is 49.5 Å². The van der Waals surface area contributed by atoms with E-state index in [2.05, 4.69) is 22.0 Å². The summed E-state index contributed by atoms with van der Waals surface area (Å²) in [5, 5.41) is 0.523. The molecule has 90 valence electrons. The second-order valence-corrected chi connectivity index (χ2v) is 5.60. The average Bonchev–Trinajstić information content (AvgIpc) is 2.56. The summed E-state index contributed by atoms with van der Waals surface area (Å²) in [5.41, 5.74) is 1.54. The molecule has 1 aromatic carbocycles. The Kier molecular flexibility index (Phi) is 4.41. The van der Waals surface area contributed by atoms with Gasteiger partial charge in [-0.1, -0.05) is 40.0 Å². The Morgan fingerprint density at radius 3 is 2.82 bits per heavy atom. The Labute approximate surface area is 115 Å². The number of hydrogen-bond donors (Lipinski definition) is 0. The molecule has 0 atom stereocenters. The fourth-order valence-corrected chi connectivity index (χ4v) is 2.83. The monoisotopic (exact) mass is 312 g/mol. The van der Waals surface area contributed by atoms with Gasteiger partial charge in [-0.3, -0.25) is 4.79 Å². The third kappa shape index (κ3) is 3.20. The average molecular weight is 314 g/mol. The van der Waals surface area contributed by atoms with Crippen molar-refractivity contribution in [2.75, 3.05) is 0 Å². The highest BCUT2D eigenvalue weighted by Crippen LogP contribution is 2.26.